The summed E-state index contributed by atoms with van der Waals surface area (Å²) in [6.45, 7) is 1.08. The summed E-state index contributed by atoms with van der Waals surface area (Å²) >= 11 is 3.49. The van der Waals surface area contributed by atoms with Crippen LogP contribution in [0.4, 0.5) is 13.2 Å². The van der Waals surface area contributed by atoms with Crippen LogP contribution in [0.5, 0.6) is 0 Å². The molecule has 0 saturated heterocycles. The number of alkyl halides is 3. The smallest absolute Gasteiger partial charge is 0.431 e. The van der Waals surface area contributed by atoms with Crippen molar-refractivity contribution in [2.24, 2.45) is 10.7 Å². The zero-order chi connectivity index (χ0) is 23.4. The average molecular weight is 541 g/mol. The summed E-state index contributed by atoms with van der Waals surface area (Å²) in [6.07, 6.45) is -3.82. The van der Waals surface area contributed by atoms with Gasteiger partial charge in [-0.05, 0) is 46.5 Å². The molecular weight excluding hydrogens is 525 g/mol. The van der Waals surface area contributed by atoms with E-state index >= 15 is 0 Å². The number of nitrogens with zero attached hydrogens (tertiary/aromatic N) is 3. The lowest BCUT2D eigenvalue weighted by Crippen LogP contribution is -2.23. The van der Waals surface area contributed by atoms with Crippen molar-refractivity contribution in [2.75, 3.05) is 19.4 Å². The van der Waals surface area contributed by atoms with Crippen LogP contribution in [-0.4, -0.2) is 55.0 Å². The average Bonchev–Trinajstić information content (AvgIpc) is 3.16. The minimum atomic E-state index is -4.86. The fraction of sp³-hybridized carbons (Fsp3) is 0.294. The third kappa shape index (κ3) is 6.58. The van der Waals surface area contributed by atoms with Gasteiger partial charge < -0.3 is 10.5 Å². The fourth-order valence-corrected chi connectivity index (χ4v) is 4.17. The Kier molecular flexibility index (Phi) is 7.94. The van der Waals surface area contributed by atoms with Crippen molar-refractivity contribution in [1.82, 2.24) is 9.36 Å². The van der Waals surface area contributed by atoms with Crippen molar-refractivity contribution in [3.8, 4) is 11.4 Å². The number of nitrogens with two attached hydrogens (primary N) is 1. The Hall–Kier alpha value is -2.32. The van der Waals surface area contributed by atoms with Crippen molar-refractivity contribution < 1.29 is 31.1 Å². The summed E-state index contributed by atoms with van der Waals surface area (Å²) in [5.74, 6) is -0.684. The van der Waals surface area contributed by atoms with Gasteiger partial charge in [0.05, 0.1) is 16.0 Å². The number of hydrogen-bond donors (Lipinski definition) is 1. The maximum atomic E-state index is 13.1. The number of sulfone groups is 1. The van der Waals surface area contributed by atoms with Crippen molar-refractivity contribution in [3.63, 3.8) is 0 Å². The molecule has 31 heavy (non-hydrogen) atoms. The summed E-state index contributed by atoms with van der Waals surface area (Å²) in [6, 6.07) is 5.76. The van der Waals surface area contributed by atoms with Crippen molar-refractivity contribution in [2.45, 2.75) is 18.0 Å². The van der Waals surface area contributed by atoms with Gasteiger partial charge in [0.15, 0.2) is 20.7 Å². The predicted octanol–water partition coefficient (Wildman–Crippen LogP) is 3.09. The predicted molar refractivity (Wildman–Crippen MR) is 113 cm³/mol. The van der Waals surface area contributed by atoms with Crippen LogP contribution in [0.25, 0.3) is 11.4 Å². The first-order valence-electron chi connectivity index (χ1n) is 8.42. The molecule has 0 spiro atoms. The topological polar surface area (TPSA) is 125 Å². The van der Waals surface area contributed by atoms with Gasteiger partial charge in [-0.3, -0.25) is 9.79 Å². The number of esters is 1. The number of aliphatic imine (C=N–C) groups is 1. The standard InChI is InChI=1S/C17H16BrF3N4O4S2/c1-3-29-11(26)8-23-13(12(18)14(22)17(19,20)21)16-24-15(25-30-16)9-5-4-6-10(7-9)31(2,27)28/h4-7H,3,8,22H2,1-2H3. The quantitative estimate of drug-likeness (QED) is 0.422. The van der Waals surface area contributed by atoms with E-state index in [1.54, 1.807) is 13.0 Å². The van der Waals surface area contributed by atoms with Crippen LogP contribution in [0.3, 0.4) is 0 Å². The van der Waals surface area contributed by atoms with Gasteiger partial charge in [0.1, 0.15) is 18.0 Å². The molecule has 0 fully saturated rings. The molecule has 0 aliphatic rings. The zero-order valence-corrected chi connectivity index (χ0v) is 19.3. The second-order valence-corrected chi connectivity index (χ2v) is 9.48. The third-order valence-corrected chi connectivity index (χ3v) is 6.21. The lowest BCUT2D eigenvalue weighted by Gasteiger charge is -2.10. The number of hydrogen-bond acceptors (Lipinski definition) is 9. The number of ether oxygens (including phenoxy) is 1. The van der Waals surface area contributed by atoms with E-state index in [2.05, 4.69) is 30.3 Å². The van der Waals surface area contributed by atoms with Gasteiger partial charge in [0.2, 0.25) is 0 Å². The largest absolute Gasteiger partial charge is 0.465 e. The molecule has 0 unspecified atom stereocenters. The Morgan fingerprint density at radius 3 is 2.61 bits per heavy atom. The number of rotatable bonds is 7. The Morgan fingerprint density at radius 2 is 2.03 bits per heavy atom. The van der Waals surface area contributed by atoms with Crippen LogP contribution >= 0.6 is 27.5 Å². The van der Waals surface area contributed by atoms with E-state index in [0.717, 1.165) is 6.26 Å². The van der Waals surface area contributed by atoms with Crippen LogP contribution in [0.1, 0.15) is 11.9 Å². The lowest BCUT2D eigenvalue weighted by molar-refractivity contribution is -0.141. The molecule has 0 amide bonds. The highest BCUT2D eigenvalue weighted by molar-refractivity contribution is 9.12. The monoisotopic (exact) mass is 540 g/mol. The summed E-state index contributed by atoms with van der Waals surface area (Å²) in [7, 11) is -3.49. The van der Waals surface area contributed by atoms with E-state index in [1.807, 2.05) is 0 Å². The number of halogens is 4. The molecule has 0 aliphatic heterocycles. The molecule has 2 N–H and O–H groups in total. The molecule has 1 heterocycles. The van der Waals surface area contributed by atoms with Gasteiger partial charge in [-0.25, -0.2) is 13.4 Å². The van der Waals surface area contributed by atoms with E-state index in [1.165, 1.54) is 18.2 Å². The molecule has 2 aromatic rings. The van der Waals surface area contributed by atoms with Crippen LogP contribution in [0.2, 0.25) is 0 Å². The Balaban J connectivity index is 2.53. The third-order valence-electron chi connectivity index (χ3n) is 3.57. The Morgan fingerprint density at radius 1 is 1.35 bits per heavy atom. The van der Waals surface area contributed by atoms with Gasteiger partial charge in [-0.1, -0.05) is 12.1 Å². The van der Waals surface area contributed by atoms with E-state index in [4.69, 9.17) is 10.5 Å². The van der Waals surface area contributed by atoms with Crippen molar-refractivity contribution in [3.05, 3.63) is 39.5 Å². The minimum absolute atomic E-state index is 0.0277. The molecule has 0 aliphatic carbocycles. The first-order chi connectivity index (χ1) is 14.3. The molecule has 2 rings (SSSR count). The summed E-state index contributed by atoms with van der Waals surface area (Å²) in [5, 5.41) is -0.0665. The van der Waals surface area contributed by atoms with E-state index < -0.39 is 38.7 Å². The van der Waals surface area contributed by atoms with Crippen molar-refractivity contribution >= 4 is 49.0 Å². The molecule has 0 radical (unpaired) electrons. The fourth-order valence-electron chi connectivity index (χ4n) is 2.14. The number of allylic oxidation sites excluding steroid dienone is 2. The van der Waals surface area contributed by atoms with Gasteiger partial charge in [-0.15, -0.1) is 0 Å². The van der Waals surface area contributed by atoms with E-state index in [-0.39, 0.29) is 28.0 Å². The number of carbonyl (C=O) groups excluding carboxylic acids is 1. The van der Waals surface area contributed by atoms with Gasteiger partial charge in [0, 0.05) is 11.8 Å². The van der Waals surface area contributed by atoms with Crippen LogP contribution < -0.4 is 5.73 Å². The Bertz CT molecular complexity index is 1140. The minimum Gasteiger partial charge on any atom is -0.465 e. The highest BCUT2D eigenvalue weighted by atomic mass is 79.9. The maximum absolute atomic E-state index is 13.1. The highest BCUT2D eigenvalue weighted by Gasteiger charge is 2.35. The molecule has 1 aromatic heterocycles. The number of aromatic nitrogens is 2. The van der Waals surface area contributed by atoms with Gasteiger partial charge in [-0.2, -0.15) is 17.5 Å². The number of carbonyl (C=O) groups is 1. The Labute approximate surface area is 188 Å². The van der Waals surface area contributed by atoms with Crippen LogP contribution in [0, 0.1) is 0 Å². The highest BCUT2D eigenvalue weighted by Crippen LogP contribution is 2.30. The molecule has 14 heteroatoms. The SMILES string of the molecule is CCOC(=O)CN=C(C(Br)=C(N)C(F)(F)F)c1nc(-c2cccc(S(C)(=O)=O)c2)ns1. The van der Waals surface area contributed by atoms with Gasteiger partial charge >= 0.3 is 12.1 Å². The zero-order valence-electron chi connectivity index (χ0n) is 16.1. The van der Waals surface area contributed by atoms with E-state index in [9.17, 15) is 26.4 Å². The second-order valence-electron chi connectivity index (χ2n) is 5.92. The summed E-state index contributed by atoms with van der Waals surface area (Å²) < 4.78 is 70.9. The van der Waals surface area contributed by atoms with Gasteiger partial charge in [0.25, 0.3) is 0 Å². The first-order valence-corrected chi connectivity index (χ1v) is 11.9. The van der Waals surface area contributed by atoms with Crippen molar-refractivity contribution in [1.29, 1.82) is 0 Å². The summed E-state index contributed by atoms with van der Waals surface area (Å²) in [4.78, 5) is 19.7. The molecule has 168 valence electrons. The van der Waals surface area contributed by atoms with Crippen LogP contribution in [-0.2, 0) is 19.4 Å². The normalized spacial score (nSPS) is 13.7. The van der Waals surface area contributed by atoms with E-state index in [0.29, 0.717) is 17.1 Å². The molecule has 1 aromatic carbocycles. The molecule has 8 nitrogen and oxygen atoms in total. The second kappa shape index (κ2) is 9.87. The first kappa shape index (κ1) is 24.9. The molecule has 0 bridgehead atoms. The maximum Gasteiger partial charge on any atom is 0.431 e. The molecule has 0 atom stereocenters. The number of benzene rings is 1. The lowest BCUT2D eigenvalue weighted by atomic mass is 10.2. The van der Waals surface area contributed by atoms with Crippen LogP contribution in [0.15, 0.2) is 44.3 Å². The molecular formula is C17H16BrF3N4O4S2. The molecule has 0 saturated carbocycles. The summed E-state index contributed by atoms with van der Waals surface area (Å²) in [5.41, 5.74) is 3.71.